The molecule has 0 amide bonds. The van der Waals surface area contributed by atoms with E-state index in [4.69, 9.17) is 4.74 Å². The summed E-state index contributed by atoms with van der Waals surface area (Å²) in [6.45, 7) is 3.89. The Kier molecular flexibility index (Phi) is 4.45. The van der Waals surface area contributed by atoms with Gasteiger partial charge in [-0.3, -0.25) is 0 Å². The molecule has 4 heteroatoms. The fourth-order valence-corrected chi connectivity index (χ4v) is 2.23. The smallest absolute Gasteiger partial charge is 0.349 e. The van der Waals surface area contributed by atoms with Gasteiger partial charge in [-0.15, -0.1) is 0 Å². The van der Waals surface area contributed by atoms with E-state index in [1.54, 1.807) is 24.3 Å². The van der Waals surface area contributed by atoms with Crippen LogP contribution in [-0.4, -0.2) is 11.1 Å². The third-order valence-corrected chi connectivity index (χ3v) is 4.24. The van der Waals surface area contributed by atoms with Gasteiger partial charge in [0.05, 0.1) is 0 Å². The Balaban J connectivity index is 2.32. The number of hydrogen-bond donors (Lipinski definition) is 1. The summed E-state index contributed by atoms with van der Waals surface area (Å²) in [4.78, 5) is 11.4. The first kappa shape index (κ1) is 14.6. The zero-order chi connectivity index (χ0) is 14.7. The standard InChI is InChI=1S/C16H15BrO3/c1-10-8-13(9-11(2)14(10)17)20-15(16(18)19)12-6-4-3-5-7-12/h3-9,15H,1-2H3,(H,18,19). The number of carbonyl (C=O) groups is 1. The monoisotopic (exact) mass is 334 g/mol. The maximum Gasteiger partial charge on any atom is 0.349 e. The fourth-order valence-electron chi connectivity index (χ4n) is 2.00. The minimum absolute atomic E-state index is 0.555. The Morgan fingerprint density at radius 3 is 2.20 bits per heavy atom. The number of carboxylic acids is 1. The maximum absolute atomic E-state index is 11.4. The van der Waals surface area contributed by atoms with Gasteiger partial charge in [0.1, 0.15) is 5.75 Å². The second kappa shape index (κ2) is 6.09. The quantitative estimate of drug-likeness (QED) is 0.908. The van der Waals surface area contributed by atoms with Crippen molar-refractivity contribution in [2.75, 3.05) is 0 Å². The highest BCUT2D eigenvalue weighted by Gasteiger charge is 2.22. The number of carboxylic acid groups (broad SMARTS) is 1. The zero-order valence-electron chi connectivity index (χ0n) is 11.3. The van der Waals surface area contributed by atoms with E-state index in [0.29, 0.717) is 11.3 Å². The highest BCUT2D eigenvalue weighted by Crippen LogP contribution is 2.29. The maximum atomic E-state index is 11.4. The highest BCUT2D eigenvalue weighted by molar-refractivity contribution is 9.10. The summed E-state index contributed by atoms with van der Waals surface area (Å²) in [5.41, 5.74) is 2.65. The van der Waals surface area contributed by atoms with Crippen LogP contribution < -0.4 is 4.74 Å². The van der Waals surface area contributed by atoms with E-state index in [0.717, 1.165) is 15.6 Å². The van der Waals surface area contributed by atoms with Gasteiger partial charge in [-0.1, -0.05) is 46.3 Å². The Labute approximate surface area is 126 Å². The van der Waals surface area contributed by atoms with Crippen molar-refractivity contribution in [3.05, 3.63) is 63.6 Å². The highest BCUT2D eigenvalue weighted by atomic mass is 79.9. The zero-order valence-corrected chi connectivity index (χ0v) is 12.8. The Bertz CT molecular complexity index is 600. The molecule has 0 aromatic heterocycles. The van der Waals surface area contributed by atoms with E-state index in [9.17, 15) is 9.90 Å². The molecule has 0 radical (unpaired) electrons. The topological polar surface area (TPSA) is 46.5 Å². The second-order valence-corrected chi connectivity index (χ2v) is 5.41. The Morgan fingerprint density at radius 1 is 1.15 bits per heavy atom. The molecule has 20 heavy (non-hydrogen) atoms. The molecule has 2 aromatic carbocycles. The Morgan fingerprint density at radius 2 is 1.70 bits per heavy atom. The van der Waals surface area contributed by atoms with E-state index in [2.05, 4.69) is 15.9 Å². The van der Waals surface area contributed by atoms with E-state index in [-0.39, 0.29) is 0 Å². The minimum Gasteiger partial charge on any atom is -0.478 e. The number of ether oxygens (including phenoxy) is 1. The van der Waals surface area contributed by atoms with Crippen molar-refractivity contribution in [2.45, 2.75) is 20.0 Å². The van der Waals surface area contributed by atoms with Crippen LogP contribution in [0.25, 0.3) is 0 Å². The number of rotatable bonds is 4. The van der Waals surface area contributed by atoms with E-state index >= 15 is 0 Å². The van der Waals surface area contributed by atoms with Gasteiger partial charge in [-0.2, -0.15) is 0 Å². The fraction of sp³-hybridized carbons (Fsp3) is 0.188. The Hall–Kier alpha value is -1.81. The summed E-state index contributed by atoms with van der Waals surface area (Å²) < 4.78 is 6.67. The molecular weight excluding hydrogens is 320 g/mol. The number of hydrogen-bond acceptors (Lipinski definition) is 2. The largest absolute Gasteiger partial charge is 0.478 e. The first-order valence-corrected chi connectivity index (χ1v) is 6.99. The molecule has 0 aliphatic carbocycles. The van der Waals surface area contributed by atoms with Gasteiger partial charge < -0.3 is 9.84 Å². The molecule has 0 aliphatic rings. The first-order chi connectivity index (χ1) is 9.49. The van der Waals surface area contributed by atoms with Crippen molar-refractivity contribution in [3.8, 4) is 5.75 Å². The van der Waals surface area contributed by atoms with Gasteiger partial charge in [0.25, 0.3) is 0 Å². The molecule has 0 saturated carbocycles. The summed E-state index contributed by atoms with van der Waals surface area (Å²) >= 11 is 3.48. The lowest BCUT2D eigenvalue weighted by molar-refractivity contribution is -0.145. The molecule has 1 atom stereocenters. The first-order valence-electron chi connectivity index (χ1n) is 6.20. The third kappa shape index (κ3) is 3.20. The third-order valence-electron chi connectivity index (χ3n) is 2.99. The van der Waals surface area contributed by atoms with E-state index in [1.807, 2.05) is 32.0 Å². The lowest BCUT2D eigenvalue weighted by Crippen LogP contribution is -2.18. The van der Waals surface area contributed by atoms with E-state index in [1.165, 1.54) is 0 Å². The average Bonchev–Trinajstić information content (AvgIpc) is 2.42. The molecule has 1 unspecified atom stereocenters. The van der Waals surface area contributed by atoms with Crippen LogP contribution in [0.1, 0.15) is 22.8 Å². The average molecular weight is 335 g/mol. The van der Waals surface area contributed by atoms with Crippen LogP contribution in [0.2, 0.25) is 0 Å². The lowest BCUT2D eigenvalue weighted by Gasteiger charge is -2.17. The van der Waals surface area contributed by atoms with Gasteiger partial charge in [0, 0.05) is 10.0 Å². The summed E-state index contributed by atoms with van der Waals surface area (Å²) in [5, 5.41) is 9.35. The molecule has 0 fully saturated rings. The molecule has 2 rings (SSSR count). The van der Waals surface area contributed by atoms with Crippen molar-refractivity contribution in [2.24, 2.45) is 0 Å². The summed E-state index contributed by atoms with van der Waals surface area (Å²) in [5.74, 6) is -0.450. The predicted molar refractivity (Wildman–Crippen MR) is 81.1 cm³/mol. The molecule has 0 heterocycles. The summed E-state index contributed by atoms with van der Waals surface area (Å²) in [7, 11) is 0. The van der Waals surface area contributed by atoms with Crippen molar-refractivity contribution in [1.29, 1.82) is 0 Å². The van der Waals surface area contributed by atoms with Crippen LogP contribution in [0.5, 0.6) is 5.75 Å². The van der Waals surface area contributed by atoms with Crippen LogP contribution in [0, 0.1) is 13.8 Å². The van der Waals surface area contributed by atoms with Crippen LogP contribution in [0.3, 0.4) is 0 Å². The van der Waals surface area contributed by atoms with Crippen molar-refractivity contribution < 1.29 is 14.6 Å². The summed E-state index contributed by atoms with van der Waals surface area (Å²) in [6, 6.07) is 12.6. The molecule has 0 bridgehead atoms. The molecule has 1 N–H and O–H groups in total. The summed E-state index contributed by atoms with van der Waals surface area (Å²) in [6.07, 6.45) is -1.00. The molecular formula is C16H15BrO3. The van der Waals surface area contributed by atoms with Crippen molar-refractivity contribution in [1.82, 2.24) is 0 Å². The molecule has 0 aliphatic heterocycles. The van der Waals surface area contributed by atoms with Gasteiger partial charge in [-0.25, -0.2) is 4.79 Å². The number of halogens is 1. The predicted octanol–water partition coefficient (Wildman–Crippen LogP) is 4.27. The van der Waals surface area contributed by atoms with Gasteiger partial charge in [0.2, 0.25) is 6.10 Å². The second-order valence-electron chi connectivity index (χ2n) is 4.62. The molecule has 2 aromatic rings. The minimum atomic E-state index is -1.01. The van der Waals surface area contributed by atoms with Gasteiger partial charge in [-0.05, 0) is 37.1 Å². The van der Waals surface area contributed by atoms with Crippen LogP contribution in [0.4, 0.5) is 0 Å². The molecule has 0 spiro atoms. The molecule has 3 nitrogen and oxygen atoms in total. The molecule has 0 saturated heterocycles. The number of aliphatic carboxylic acids is 1. The SMILES string of the molecule is Cc1cc(OC(C(=O)O)c2ccccc2)cc(C)c1Br. The van der Waals surface area contributed by atoms with Crippen LogP contribution in [-0.2, 0) is 4.79 Å². The van der Waals surface area contributed by atoms with Crippen LogP contribution >= 0.6 is 15.9 Å². The van der Waals surface area contributed by atoms with Crippen molar-refractivity contribution >= 4 is 21.9 Å². The van der Waals surface area contributed by atoms with Crippen LogP contribution in [0.15, 0.2) is 46.9 Å². The van der Waals surface area contributed by atoms with Gasteiger partial charge >= 0.3 is 5.97 Å². The normalized spacial score (nSPS) is 11.9. The van der Waals surface area contributed by atoms with Crippen molar-refractivity contribution in [3.63, 3.8) is 0 Å². The molecule has 104 valence electrons. The van der Waals surface area contributed by atoms with Gasteiger partial charge in [0.15, 0.2) is 0 Å². The lowest BCUT2D eigenvalue weighted by atomic mass is 10.1. The van der Waals surface area contributed by atoms with E-state index < -0.39 is 12.1 Å². The number of benzene rings is 2. The number of aryl methyl sites for hydroxylation is 2.